The Hall–Kier alpha value is -3.07. The lowest BCUT2D eigenvalue weighted by atomic mass is 10.1. The van der Waals surface area contributed by atoms with Crippen LogP contribution in [0.2, 0.25) is 5.02 Å². The molecule has 1 fully saturated rings. The van der Waals surface area contributed by atoms with Gasteiger partial charge in [-0.1, -0.05) is 53.7 Å². The molecule has 2 aromatic heterocycles. The number of thioether (sulfide) groups is 1. The van der Waals surface area contributed by atoms with Crippen LogP contribution in [0.15, 0.2) is 82.6 Å². The molecule has 1 aliphatic heterocycles. The first-order valence-corrected chi connectivity index (χ1v) is 12.2. The highest BCUT2D eigenvalue weighted by Crippen LogP contribution is 2.38. The molecule has 4 aromatic rings. The number of rotatable bonds is 7. The fourth-order valence-electron chi connectivity index (χ4n) is 3.83. The molecule has 9 heteroatoms. The molecule has 0 spiro atoms. The summed E-state index contributed by atoms with van der Waals surface area (Å²) in [5.41, 5.74) is 1.80. The van der Waals surface area contributed by atoms with Crippen molar-refractivity contribution in [3.05, 3.63) is 89.3 Å². The lowest BCUT2D eigenvalue weighted by Crippen LogP contribution is -2.42. The van der Waals surface area contributed by atoms with Crippen molar-refractivity contribution in [2.45, 2.75) is 17.0 Å². The second-order valence-electron chi connectivity index (χ2n) is 7.82. The number of benzene rings is 2. The molecule has 0 aliphatic carbocycles. The number of amides is 1. The Labute approximate surface area is 206 Å². The van der Waals surface area contributed by atoms with Gasteiger partial charge in [-0.15, -0.1) is 10.2 Å². The maximum absolute atomic E-state index is 13.6. The summed E-state index contributed by atoms with van der Waals surface area (Å²) in [5.74, 6) is 1.49. The fourth-order valence-corrected chi connectivity index (χ4v) is 5.08. The van der Waals surface area contributed by atoms with Crippen molar-refractivity contribution in [3.8, 4) is 11.4 Å². The smallest absolute Gasteiger partial charge is 0.240 e. The number of furan rings is 1. The minimum Gasteiger partial charge on any atom is -0.467 e. The minimum absolute atomic E-state index is 0.0418. The van der Waals surface area contributed by atoms with Gasteiger partial charge < -0.3 is 14.1 Å². The Balaban J connectivity index is 1.52. The van der Waals surface area contributed by atoms with Crippen LogP contribution >= 0.6 is 23.4 Å². The first-order valence-electron chi connectivity index (χ1n) is 11.0. The van der Waals surface area contributed by atoms with Crippen LogP contribution in [0.1, 0.15) is 16.6 Å². The molecule has 5 rings (SSSR count). The quantitative estimate of drug-likeness (QED) is 0.339. The van der Waals surface area contributed by atoms with Gasteiger partial charge >= 0.3 is 0 Å². The molecule has 1 saturated heterocycles. The van der Waals surface area contributed by atoms with Gasteiger partial charge in [-0.05, 0) is 42.0 Å². The highest BCUT2D eigenvalue weighted by Gasteiger charge is 2.30. The maximum atomic E-state index is 13.6. The highest BCUT2D eigenvalue weighted by molar-refractivity contribution is 8.00. The molecule has 34 heavy (non-hydrogen) atoms. The minimum atomic E-state index is -0.461. The predicted octanol–water partition coefficient (Wildman–Crippen LogP) is 4.93. The van der Waals surface area contributed by atoms with E-state index < -0.39 is 5.25 Å². The third-order valence-electron chi connectivity index (χ3n) is 5.59. The van der Waals surface area contributed by atoms with E-state index >= 15 is 0 Å². The summed E-state index contributed by atoms with van der Waals surface area (Å²) in [5, 5.41) is 9.80. The number of ether oxygens (including phenoxy) is 1. The van der Waals surface area contributed by atoms with Crippen molar-refractivity contribution in [1.29, 1.82) is 0 Å². The molecule has 0 N–H and O–H groups in total. The molecular formula is C25H23ClN4O3S. The van der Waals surface area contributed by atoms with Gasteiger partial charge in [0.1, 0.15) is 11.0 Å². The van der Waals surface area contributed by atoms with Crippen molar-refractivity contribution in [2.75, 3.05) is 26.3 Å². The van der Waals surface area contributed by atoms with Crippen molar-refractivity contribution >= 4 is 29.3 Å². The summed E-state index contributed by atoms with van der Waals surface area (Å²) >= 11 is 7.49. The molecule has 1 amide bonds. The van der Waals surface area contributed by atoms with Crippen LogP contribution < -0.4 is 0 Å². The van der Waals surface area contributed by atoms with Crippen molar-refractivity contribution in [1.82, 2.24) is 19.7 Å². The van der Waals surface area contributed by atoms with Crippen LogP contribution in [-0.4, -0.2) is 51.9 Å². The third kappa shape index (κ3) is 5.04. The van der Waals surface area contributed by atoms with Crippen molar-refractivity contribution < 1.29 is 13.9 Å². The number of carbonyl (C=O) groups excluding carboxylic acids is 1. The van der Waals surface area contributed by atoms with Crippen LogP contribution in [-0.2, 0) is 16.1 Å². The zero-order chi connectivity index (χ0) is 23.3. The molecule has 0 unspecified atom stereocenters. The number of morpholine rings is 1. The predicted molar refractivity (Wildman–Crippen MR) is 131 cm³/mol. The van der Waals surface area contributed by atoms with E-state index in [1.165, 1.54) is 11.8 Å². The van der Waals surface area contributed by atoms with E-state index in [0.29, 0.717) is 48.9 Å². The molecule has 1 aliphatic rings. The first-order chi connectivity index (χ1) is 16.7. The van der Waals surface area contributed by atoms with Gasteiger partial charge in [0.05, 0.1) is 26.0 Å². The van der Waals surface area contributed by atoms with E-state index in [1.807, 2.05) is 76.2 Å². The summed E-state index contributed by atoms with van der Waals surface area (Å²) < 4.78 is 13.0. The number of hydrogen-bond donors (Lipinski definition) is 0. The van der Waals surface area contributed by atoms with Crippen LogP contribution in [0.4, 0.5) is 0 Å². The molecule has 0 radical (unpaired) electrons. The molecule has 0 saturated carbocycles. The SMILES string of the molecule is O=C([C@H](Sc1nnc(-c2ccc(Cl)cc2)n1Cc1ccco1)c1ccccc1)N1CCOCC1. The molecule has 2 aromatic carbocycles. The summed E-state index contributed by atoms with van der Waals surface area (Å²) in [6.07, 6.45) is 1.64. The average molecular weight is 495 g/mol. The van der Waals surface area contributed by atoms with E-state index in [0.717, 1.165) is 16.9 Å². The topological polar surface area (TPSA) is 73.4 Å². The lowest BCUT2D eigenvalue weighted by Gasteiger charge is -2.30. The van der Waals surface area contributed by atoms with Crippen LogP contribution in [0.3, 0.4) is 0 Å². The fraction of sp³-hybridized carbons (Fsp3) is 0.240. The molecule has 3 heterocycles. The Kier molecular flexibility index (Phi) is 6.99. The number of halogens is 1. The largest absolute Gasteiger partial charge is 0.467 e. The van der Waals surface area contributed by atoms with Crippen molar-refractivity contribution in [3.63, 3.8) is 0 Å². The van der Waals surface area contributed by atoms with Crippen molar-refractivity contribution in [2.24, 2.45) is 0 Å². The van der Waals surface area contributed by atoms with E-state index in [2.05, 4.69) is 10.2 Å². The Morgan fingerprint density at radius 3 is 2.47 bits per heavy atom. The third-order valence-corrected chi connectivity index (χ3v) is 7.06. The van der Waals surface area contributed by atoms with Crippen LogP contribution in [0.5, 0.6) is 0 Å². The molecule has 1 atom stereocenters. The average Bonchev–Trinajstić information content (AvgIpc) is 3.54. The zero-order valence-corrected chi connectivity index (χ0v) is 19.9. The molecule has 0 bridgehead atoms. The molecule has 7 nitrogen and oxygen atoms in total. The standard InChI is InChI=1S/C25H23ClN4O3S/c26-20-10-8-19(9-11-20)23-27-28-25(30(23)17-21-7-4-14-33-21)34-22(18-5-2-1-3-6-18)24(31)29-12-15-32-16-13-29/h1-11,14,22H,12-13,15-17H2/t22-/m1/s1. The van der Waals surface area contributed by atoms with E-state index in [4.69, 9.17) is 20.8 Å². The Morgan fingerprint density at radius 1 is 1.00 bits per heavy atom. The van der Waals surface area contributed by atoms with E-state index in [1.54, 1.807) is 6.26 Å². The summed E-state index contributed by atoms with van der Waals surface area (Å²) in [7, 11) is 0. The number of aromatic nitrogens is 3. The van der Waals surface area contributed by atoms with Gasteiger partial charge in [-0.3, -0.25) is 9.36 Å². The van der Waals surface area contributed by atoms with Gasteiger partial charge in [-0.25, -0.2) is 0 Å². The highest BCUT2D eigenvalue weighted by atomic mass is 35.5. The normalized spacial score (nSPS) is 14.8. The maximum Gasteiger partial charge on any atom is 0.240 e. The Morgan fingerprint density at radius 2 is 1.76 bits per heavy atom. The van der Waals surface area contributed by atoms with Gasteiger partial charge in [-0.2, -0.15) is 0 Å². The summed E-state index contributed by atoms with van der Waals surface area (Å²) in [6, 6.07) is 21.0. The van der Waals surface area contributed by atoms with Crippen LogP contribution in [0, 0.1) is 0 Å². The lowest BCUT2D eigenvalue weighted by molar-refractivity contribution is -0.134. The number of carbonyl (C=O) groups is 1. The Bertz CT molecular complexity index is 1220. The number of hydrogen-bond acceptors (Lipinski definition) is 6. The van der Waals surface area contributed by atoms with Gasteiger partial charge in [0.2, 0.25) is 5.91 Å². The van der Waals surface area contributed by atoms with Gasteiger partial charge in [0.25, 0.3) is 0 Å². The zero-order valence-electron chi connectivity index (χ0n) is 18.3. The van der Waals surface area contributed by atoms with Gasteiger partial charge in [0.15, 0.2) is 11.0 Å². The first kappa shape index (κ1) is 22.7. The second kappa shape index (κ2) is 10.5. The summed E-state index contributed by atoms with van der Waals surface area (Å²) in [6.45, 7) is 2.70. The monoisotopic (exact) mass is 494 g/mol. The molecule has 174 valence electrons. The second-order valence-corrected chi connectivity index (χ2v) is 9.33. The summed E-state index contributed by atoms with van der Waals surface area (Å²) in [4.78, 5) is 15.5. The van der Waals surface area contributed by atoms with Crippen LogP contribution in [0.25, 0.3) is 11.4 Å². The molecular weight excluding hydrogens is 472 g/mol. The van der Waals surface area contributed by atoms with Gasteiger partial charge in [0, 0.05) is 23.7 Å². The van der Waals surface area contributed by atoms with E-state index in [9.17, 15) is 4.79 Å². The van der Waals surface area contributed by atoms with E-state index in [-0.39, 0.29) is 5.91 Å². The number of nitrogens with zero attached hydrogens (tertiary/aromatic N) is 4.